The molecule has 3 aromatic rings. The van der Waals surface area contributed by atoms with Crippen LogP contribution in [-0.2, 0) is 4.74 Å². The first-order valence-corrected chi connectivity index (χ1v) is 14.6. The third-order valence-corrected chi connectivity index (χ3v) is 8.18. The van der Waals surface area contributed by atoms with Crippen molar-refractivity contribution in [3.63, 3.8) is 0 Å². The molecule has 2 atom stereocenters. The summed E-state index contributed by atoms with van der Waals surface area (Å²) in [5, 5.41) is 0.935. The number of aromatic amines is 1. The average Bonchev–Trinajstić information content (AvgIpc) is 3.34. The first kappa shape index (κ1) is 30.0. The minimum Gasteiger partial charge on any atom is -0.444 e. The number of piperidine rings is 1. The van der Waals surface area contributed by atoms with Gasteiger partial charge >= 0.3 is 6.09 Å². The lowest BCUT2D eigenvalue weighted by atomic mass is 9.85. The number of piperazine rings is 1. The van der Waals surface area contributed by atoms with Crippen molar-refractivity contribution in [3.8, 4) is 0 Å². The molecule has 2 amide bonds. The van der Waals surface area contributed by atoms with Gasteiger partial charge < -0.3 is 24.4 Å². The molecule has 3 aromatic heterocycles. The molecular formula is C29H33Cl2FN6O4. The van der Waals surface area contributed by atoms with Gasteiger partial charge in [0.25, 0.3) is 5.91 Å². The zero-order valence-electron chi connectivity index (χ0n) is 23.9. The van der Waals surface area contributed by atoms with Crippen LogP contribution in [0.3, 0.4) is 0 Å². The summed E-state index contributed by atoms with van der Waals surface area (Å²) in [5.41, 5.74) is 0.346. The lowest BCUT2D eigenvalue weighted by Crippen LogP contribution is -2.51. The predicted octanol–water partition coefficient (Wildman–Crippen LogP) is 5.58. The summed E-state index contributed by atoms with van der Waals surface area (Å²) in [5.74, 6) is -0.638. The molecule has 0 aromatic carbocycles. The lowest BCUT2D eigenvalue weighted by molar-refractivity contribution is 0.0140. The fourth-order valence-electron chi connectivity index (χ4n) is 5.51. The Kier molecular flexibility index (Phi) is 8.35. The Balaban J connectivity index is 1.26. The number of ether oxygens (including phenoxy) is 1. The van der Waals surface area contributed by atoms with E-state index >= 15 is 0 Å². The lowest BCUT2D eigenvalue weighted by Gasteiger charge is -2.38. The van der Waals surface area contributed by atoms with Gasteiger partial charge in [-0.2, -0.15) is 0 Å². The standard InChI is InChI=1S/C29H33Cl2FN6O4/c1-16-11-17(5-6-38(16)26-22(31)12-18(32)14-34-26)24(39)20-15-33-25-19(20)13-21(30)23(35-25)27(40)36-7-9-37(10-8-36)28(41)42-29(2,3)4/h12-17H,5-11H2,1-4H3,(H,33,35)/t16-,17-/m1/s1. The molecule has 5 rings (SSSR count). The molecule has 13 heteroatoms. The second-order valence-corrected chi connectivity index (χ2v) is 12.6. The van der Waals surface area contributed by atoms with E-state index in [2.05, 4.69) is 15.0 Å². The van der Waals surface area contributed by atoms with Crippen molar-refractivity contribution < 1.29 is 23.5 Å². The van der Waals surface area contributed by atoms with Crippen LogP contribution in [0.25, 0.3) is 11.0 Å². The Morgan fingerprint density at radius 2 is 1.74 bits per heavy atom. The summed E-state index contributed by atoms with van der Waals surface area (Å²) in [7, 11) is 0. The van der Waals surface area contributed by atoms with Crippen LogP contribution in [0.4, 0.5) is 15.0 Å². The highest BCUT2D eigenvalue weighted by Crippen LogP contribution is 2.34. The van der Waals surface area contributed by atoms with E-state index in [1.165, 1.54) is 6.07 Å². The number of carbonyl (C=O) groups excluding carboxylic acids is 3. The van der Waals surface area contributed by atoms with Crippen LogP contribution in [0.1, 0.15) is 61.4 Å². The largest absolute Gasteiger partial charge is 0.444 e. The van der Waals surface area contributed by atoms with Crippen LogP contribution in [0, 0.1) is 11.7 Å². The van der Waals surface area contributed by atoms with Gasteiger partial charge in [0.2, 0.25) is 0 Å². The second kappa shape index (κ2) is 11.7. The van der Waals surface area contributed by atoms with E-state index < -0.39 is 17.5 Å². The van der Waals surface area contributed by atoms with Gasteiger partial charge in [-0.1, -0.05) is 23.2 Å². The number of aromatic nitrogens is 3. The summed E-state index contributed by atoms with van der Waals surface area (Å²) in [6, 6.07) is 2.80. The van der Waals surface area contributed by atoms with Crippen LogP contribution in [0.15, 0.2) is 24.5 Å². The molecule has 2 saturated heterocycles. The highest BCUT2D eigenvalue weighted by molar-refractivity contribution is 6.34. The van der Waals surface area contributed by atoms with Crippen molar-refractivity contribution in [2.75, 3.05) is 37.6 Å². The van der Waals surface area contributed by atoms with E-state index in [9.17, 15) is 18.8 Å². The SMILES string of the molecule is C[C@@H]1C[C@H](C(=O)c2c[nH]c3nc(C(=O)N4CCN(C(=O)OC(C)(C)C)CC4)c(Cl)cc23)CCN1c1ncc(F)cc1Cl. The van der Waals surface area contributed by atoms with Crippen molar-refractivity contribution in [2.24, 2.45) is 5.92 Å². The number of hydrogen-bond acceptors (Lipinski definition) is 7. The molecule has 0 bridgehead atoms. The molecule has 0 aliphatic carbocycles. The van der Waals surface area contributed by atoms with E-state index in [1.54, 1.807) is 42.8 Å². The summed E-state index contributed by atoms with van der Waals surface area (Å²) in [4.78, 5) is 56.1. The van der Waals surface area contributed by atoms with Gasteiger partial charge in [-0.25, -0.2) is 19.2 Å². The number of rotatable bonds is 4. The Morgan fingerprint density at radius 1 is 1.05 bits per heavy atom. The van der Waals surface area contributed by atoms with Crippen molar-refractivity contribution in [1.82, 2.24) is 24.8 Å². The fourth-order valence-corrected chi connectivity index (χ4v) is 6.00. The number of carbonyl (C=O) groups is 3. The first-order chi connectivity index (χ1) is 19.8. The molecule has 2 aliphatic rings. The second-order valence-electron chi connectivity index (χ2n) is 11.8. The van der Waals surface area contributed by atoms with Gasteiger partial charge in [-0.3, -0.25) is 9.59 Å². The van der Waals surface area contributed by atoms with Gasteiger partial charge in [0.1, 0.15) is 28.6 Å². The number of anilines is 1. The van der Waals surface area contributed by atoms with Crippen LogP contribution in [0.5, 0.6) is 0 Å². The molecule has 224 valence electrons. The summed E-state index contributed by atoms with van der Waals surface area (Å²) >= 11 is 12.8. The predicted molar refractivity (Wildman–Crippen MR) is 158 cm³/mol. The highest BCUT2D eigenvalue weighted by Gasteiger charge is 2.34. The Bertz CT molecular complexity index is 1530. The van der Waals surface area contributed by atoms with E-state index in [0.29, 0.717) is 68.0 Å². The number of fused-ring (bicyclic) bond motifs is 1. The fraction of sp³-hybridized carbons (Fsp3) is 0.483. The first-order valence-electron chi connectivity index (χ1n) is 13.9. The number of pyridine rings is 2. The minimum absolute atomic E-state index is 0.0406. The van der Waals surface area contributed by atoms with Crippen LogP contribution in [-0.4, -0.2) is 86.9 Å². The average molecular weight is 620 g/mol. The Labute approximate surface area is 253 Å². The molecule has 42 heavy (non-hydrogen) atoms. The summed E-state index contributed by atoms with van der Waals surface area (Å²) in [6.07, 6.45) is 3.47. The van der Waals surface area contributed by atoms with Gasteiger partial charge in [0, 0.05) is 61.8 Å². The normalized spacial score (nSPS) is 19.7. The van der Waals surface area contributed by atoms with Crippen molar-refractivity contribution in [3.05, 3.63) is 51.6 Å². The third kappa shape index (κ3) is 6.17. The zero-order valence-corrected chi connectivity index (χ0v) is 25.4. The Hall–Kier alpha value is -3.44. The van der Waals surface area contributed by atoms with E-state index in [0.717, 1.165) is 6.20 Å². The van der Waals surface area contributed by atoms with Gasteiger partial charge in [0.05, 0.1) is 16.2 Å². The number of hydrogen-bond donors (Lipinski definition) is 1. The number of H-pyrrole nitrogens is 1. The van der Waals surface area contributed by atoms with Crippen LogP contribution in [0.2, 0.25) is 10.0 Å². The minimum atomic E-state index is -0.599. The van der Waals surface area contributed by atoms with Gasteiger partial charge in [-0.05, 0) is 52.7 Å². The molecule has 1 N–H and O–H groups in total. The molecule has 2 aliphatic heterocycles. The highest BCUT2D eigenvalue weighted by atomic mass is 35.5. The number of Topliss-reactive ketones (excluding diaryl/α,β-unsaturated/α-hetero) is 1. The summed E-state index contributed by atoms with van der Waals surface area (Å²) < 4.78 is 18.9. The smallest absolute Gasteiger partial charge is 0.410 e. The van der Waals surface area contributed by atoms with E-state index in [-0.39, 0.29) is 39.4 Å². The van der Waals surface area contributed by atoms with Crippen LogP contribution >= 0.6 is 23.2 Å². The van der Waals surface area contributed by atoms with Crippen molar-refractivity contribution >= 4 is 57.8 Å². The Morgan fingerprint density at radius 3 is 2.38 bits per heavy atom. The summed E-state index contributed by atoms with van der Waals surface area (Å²) in [6.45, 7) is 9.25. The molecular weight excluding hydrogens is 586 g/mol. The monoisotopic (exact) mass is 618 g/mol. The zero-order chi connectivity index (χ0) is 30.3. The maximum Gasteiger partial charge on any atom is 0.410 e. The molecule has 0 radical (unpaired) electrons. The van der Waals surface area contributed by atoms with Crippen molar-refractivity contribution in [2.45, 2.75) is 52.2 Å². The number of amides is 2. The molecule has 0 spiro atoms. The number of ketones is 1. The van der Waals surface area contributed by atoms with Gasteiger partial charge in [-0.15, -0.1) is 0 Å². The van der Waals surface area contributed by atoms with Gasteiger partial charge in [0.15, 0.2) is 5.78 Å². The van der Waals surface area contributed by atoms with Crippen molar-refractivity contribution in [1.29, 1.82) is 0 Å². The third-order valence-electron chi connectivity index (χ3n) is 7.61. The topological polar surface area (TPSA) is 112 Å². The molecule has 0 unspecified atom stereocenters. The number of halogens is 3. The molecule has 10 nitrogen and oxygen atoms in total. The maximum absolute atomic E-state index is 13.6. The maximum atomic E-state index is 13.6. The molecule has 2 fully saturated rings. The molecule has 0 saturated carbocycles. The quantitative estimate of drug-likeness (QED) is 0.380. The van der Waals surface area contributed by atoms with E-state index in [1.807, 2.05) is 11.8 Å². The number of nitrogens with one attached hydrogen (secondary N) is 1. The van der Waals surface area contributed by atoms with Crippen LogP contribution < -0.4 is 4.90 Å². The van der Waals surface area contributed by atoms with E-state index in [4.69, 9.17) is 27.9 Å². The molecule has 5 heterocycles. The number of nitrogens with zero attached hydrogens (tertiary/aromatic N) is 5.